The predicted molar refractivity (Wildman–Crippen MR) is 120 cm³/mol. The minimum absolute atomic E-state index is 0.105. The van der Waals surface area contributed by atoms with E-state index in [0.29, 0.717) is 43.3 Å². The Morgan fingerprint density at radius 3 is 2.52 bits per heavy atom. The van der Waals surface area contributed by atoms with E-state index < -0.39 is 22.0 Å². The molecule has 174 valence electrons. The average molecular weight is 491 g/mol. The predicted octanol–water partition coefficient (Wildman–Crippen LogP) is 2.02. The van der Waals surface area contributed by atoms with E-state index in [-0.39, 0.29) is 23.5 Å². The lowest BCUT2D eigenvalue weighted by molar-refractivity contribution is 0.0730. The highest BCUT2D eigenvalue weighted by atomic mass is 32.2. The molecule has 0 unspecified atom stereocenters. The number of methoxy groups -OCH3 is 1. The molecular formula is C21H22N4O6S2. The van der Waals surface area contributed by atoms with Gasteiger partial charge in [0.2, 0.25) is 10.0 Å². The van der Waals surface area contributed by atoms with Gasteiger partial charge in [-0.25, -0.2) is 13.2 Å². The molecule has 0 atom stereocenters. The number of nitrogens with one attached hydrogen (secondary N) is 1. The molecule has 1 N–H and O–H groups in total. The molecule has 33 heavy (non-hydrogen) atoms. The highest BCUT2D eigenvalue weighted by Crippen LogP contribution is 2.37. The van der Waals surface area contributed by atoms with Crippen LogP contribution >= 0.6 is 11.3 Å². The van der Waals surface area contributed by atoms with Crippen molar-refractivity contribution in [2.75, 3.05) is 45.3 Å². The molecule has 0 bridgehead atoms. The summed E-state index contributed by atoms with van der Waals surface area (Å²) in [5.74, 6) is -0.453. The number of nitrogens with zero attached hydrogens (tertiary/aromatic N) is 3. The molecule has 2 aliphatic rings. The fraction of sp³-hybridized carbons (Fsp3) is 0.381. The molecule has 1 aromatic heterocycles. The largest absolute Gasteiger partial charge is 0.453 e. The first-order valence-electron chi connectivity index (χ1n) is 10.2. The Hall–Kier alpha value is -2.98. The monoisotopic (exact) mass is 490 g/mol. The summed E-state index contributed by atoms with van der Waals surface area (Å²) in [6, 6.07) is 7.84. The first-order chi connectivity index (χ1) is 15.8. The van der Waals surface area contributed by atoms with Crippen LogP contribution in [-0.4, -0.2) is 69.6 Å². The number of fused-ring (bicyclic) bond motifs is 1. The lowest BCUT2D eigenvalue weighted by Gasteiger charge is -2.26. The normalized spacial score (nSPS) is 16.5. The van der Waals surface area contributed by atoms with Gasteiger partial charge in [0.05, 0.1) is 37.3 Å². The summed E-state index contributed by atoms with van der Waals surface area (Å²) >= 11 is 1.25. The fourth-order valence-corrected chi connectivity index (χ4v) is 6.40. The van der Waals surface area contributed by atoms with Crippen molar-refractivity contribution < 1.29 is 27.5 Å². The highest BCUT2D eigenvalue weighted by Gasteiger charge is 2.29. The molecule has 12 heteroatoms. The summed E-state index contributed by atoms with van der Waals surface area (Å²) in [5, 5.41) is 12.8. The second kappa shape index (κ2) is 9.48. The quantitative estimate of drug-likeness (QED) is 0.694. The maximum absolute atomic E-state index is 12.8. The smallest absolute Gasteiger partial charge is 0.409 e. The SMILES string of the molecule is COC(=O)N1CCc2c(sc(NC(=O)c3ccc(S(=O)(=O)N4CCOCC4)cc3)c2C#N)C1. The molecule has 10 nitrogen and oxygen atoms in total. The summed E-state index contributed by atoms with van der Waals surface area (Å²) in [5.41, 5.74) is 1.48. The Morgan fingerprint density at radius 1 is 1.18 bits per heavy atom. The number of hydrogen-bond donors (Lipinski definition) is 1. The molecule has 3 heterocycles. The van der Waals surface area contributed by atoms with Crippen molar-refractivity contribution in [3.63, 3.8) is 0 Å². The van der Waals surface area contributed by atoms with Gasteiger partial charge >= 0.3 is 6.09 Å². The molecule has 0 radical (unpaired) electrons. The Kier molecular flexibility index (Phi) is 6.66. The van der Waals surface area contributed by atoms with Crippen molar-refractivity contribution in [3.8, 4) is 6.07 Å². The molecular weight excluding hydrogens is 468 g/mol. The van der Waals surface area contributed by atoms with Gasteiger partial charge in [0.15, 0.2) is 0 Å². The Balaban J connectivity index is 1.50. The van der Waals surface area contributed by atoms with E-state index in [9.17, 15) is 23.3 Å². The number of carbonyl (C=O) groups excluding carboxylic acids is 2. The zero-order valence-electron chi connectivity index (χ0n) is 17.9. The molecule has 2 aliphatic heterocycles. The minimum Gasteiger partial charge on any atom is -0.453 e. The standard InChI is InChI=1S/C21H22N4O6S2/c1-30-21(27)24-7-6-16-17(12-22)20(32-18(16)13-24)23-19(26)14-2-4-15(5-3-14)33(28,29)25-8-10-31-11-9-25/h2-5H,6-11,13H2,1H3,(H,23,26). The number of nitriles is 1. The maximum atomic E-state index is 12.8. The lowest BCUT2D eigenvalue weighted by atomic mass is 10.0. The summed E-state index contributed by atoms with van der Waals surface area (Å²) < 4.78 is 36.8. The third-order valence-corrected chi connectivity index (χ3v) is 8.60. The van der Waals surface area contributed by atoms with Crippen molar-refractivity contribution in [1.29, 1.82) is 5.26 Å². The number of anilines is 1. The van der Waals surface area contributed by atoms with Crippen LogP contribution in [0.2, 0.25) is 0 Å². The van der Waals surface area contributed by atoms with E-state index >= 15 is 0 Å². The molecule has 1 aromatic carbocycles. The first kappa shape index (κ1) is 23.2. The number of sulfonamides is 1. The van der Waals surface area contributed by atoms with Gasteiger partial charge in [-0.1, -0.05) is 0 Å². The zero-order valence-corrected chi connectivity index (χ0v) is 19.5. The third-order valence-electron chi connectivity index (χ3n) is 5.55. The van der Waals surface area contributed by atoms with E-state index in [1.165, 1.54) is 47.0 Å². The third kappa shape index (κ3) is 4.58. The first-order valence-corrected chi connectivity index (χ1v) is 12.5. The second-order valence-corrected chi connectivity index (χ2v) is 10.5. The number of ether oxygens (including phenoxy) is 2. The summed E-state index contributed by atoms with van der Waals surface area (Å²) in [6.07, 6.45) is 0.0543. The summed E-state index contributed by atoms with van der Waals surface area (Å²) in [4.78, 5) is 27.1. The second-order valence-electron chi connectivity index (χ2n) is 7.46. The number of carbonyl (C=O) groups is 2. The Labute approximate surface area is 195 Å². The van der Waals surface area contributed by atoms with Crippen molar-refractivity contribution in [1.82, 2.24) is 9.21 Å². The van der Waals surface area contributed by atoms with Gasteiger partial charge in [-0.15, -0.1) is 11.3 Å². The number of rotatable bonds is 4. The number of amides is 2. The van der Waals surface area contributed by atoms with E-state index in [4.69, 9.17) is 9.47 Å². The van der Waals surface area contributed by atoms with Crippen molar-refractivity contribution in [3.05, 3.63) is 45.8 Å². The molecule has 0 spiro atoms. The van der Waals surface area contributed by atoms with Crippen LogP contribution in [0.1, 0.15) is 26.4 Å². The van der Waals surface area contributed by atoms with Crippen LogP contribution in [0.4, 0.5) is 9.80 Å². The van der Waals surface area contributed by atoms with Gasteiger partial charge in [-0.3, -0.25) is 4.79 Å². The van der Waals surface area contributed by atoms with E-state index in [0.717, 1.165) is 10.4 Å². The van der Waals surface area contributed by atoms with Gasteiger partial charge in [0, 0.05) is 30.1 Å². The fourth-order valence-electron chi connectivity index (χ4n) is 3.78. The van der Waals surface area contributed by atoms with Crippen molar-refractivity contribution in [2.45, 2.75) is 17.9 Å². The molecule has 0 saturated carbocycles. The highest BCUT2D eigenvalue weighted by molar-refractivity contribution is 7.89. The van der Waals surface area contributed by atoms with Gasteiger partial charge in [0.25, 0.3) is 5.91 Å². The van der Waals surface area contributed by atoms with Crippen LogP contribution in [0, 0.1) is 11.3 Å². The van der Waals surface area contributed by atoms with Gasteiger partial charge in [-0.2, -0.15) is 9.57 Å². The number of thiophene rings is 1. The van der Waals surface area contributed by atoms with Crippen molar-refractivity contribution >= 4 is 38.4 Å². The van der Waals surface area contributed by atoms with Crippen LogP contribution in [0.3, 0.4) is 0 Å². The molecule has 1 fully saturated rings. The topological polar surface area (TPSA) is 129 Å². The Bertz CT molecular complexity index is 1210. The van der Waals surface area contributed by atoms with E-state index in [1.54, 1.807) is 4.90 Å². The van der Waals surface area contributed by atoms with Gasteiger partial charge in [0.1, 0.15) is 11.1 Å². The van der Waals surface area contributed by atoms with E-state index in [2.05, 4.69) is 11.4 Å². The summed E-state index contributed by atoms with van der Waals surface area (Å²) in [7, 11) is -2.34. The van der Waals surface area contributed by atoms with E-state index in [1.807, 2.05) is 0 Å². The van der Waals surface area contributed by atoms with Crippen LogP contribution in [-0.2, 0) is 32.5 Å². The number of benzene rings is 1. The zero-order chi connectivity index (χ0) is 23.6. The maximum Gasteiger partial charge on any atom is 0.409 e. The van der Waals surface area contributed by atoms with Crippen LogP contribution in [0.5, 0.6) is 0 Å². The Morgan fingerprint density at radius 2 is 1.88 bits per heavy atom. The minimum atomic E-state index is -3.65. The molecule has 2 amide bonds. The van der Waals surface area contributed by atoms with Crippen LogP contribution < -0.4 is 5.32 Å². The molecule has 2 aromatic rings. The lowest BCUT2D eigenvalue weighted by Crippen LogP contribution is -2.40. The van der Waals surface area contributed by atoms with Crippen molar-refractivity contribution in [2.24, 2.45) is 0 Å². The number of morpholine rings is 1. The van der Waals surface area contributed by atoms with Gasteiger partial charge in [-0.05, 0) is 36.2 Å². The average Bonchev–Trinajstić information content (AvgIpc) is 3.20. The summed E-state index contributed by atoms with van der Waals surface area (Å²) in [6.45, 7) is 2.02. The number of hydrogen-bond acceptors (Lipinski definition) is 8. The molecule has 4 rings (SSSR count). The van der Waals surface area contributed by atoms with Crippen LogP contribution in [0.25, 0.3) is 0 Å². The van der Waals surface area contributed by atoms with Crippen LogP contribution in [0.15, 0.2) is 29.2 Å². The molecule has 0 aliphatic carbocycles. The van der Waals surface area contributed by atoms with Gasteiger partial charge < -0.3 is 19.7 Å². The molecule has 1 saturated heterocycles.